The number of carbonyl (C=O) groups is 2. The Balaban J connectivity index is 1.75. The lowest BCUT2D eigenvalue weighted by Gasteiger charge is -2.29. The van der Waals surface area contributed by atoms with Crippen LogP contribution in [0.25, 0.3) is 0 Å². The molecule has 0 spiro atoms. The van der Waals surface area contributed by atoms with Gasteiger partial charge in [-0.15, -0.1) is 0 Å². The molecule has 3 rings (SSSR count). The van der Waals surface area contributed by atoms with Crippen molar-refractivity contribution in [1.29, 1.82) is 0 Å². The van der Waals surface area contributed by atoms with E-state index in [1.807, 2.05) is 12.2 Å². The van der Waals surface area contributed by atoms with Gasteiger partial charge in [-0.1, -0.05) is 38.3 Å². The van der Waals surface area contributed by atoms with Gasteiger partial charge in [-0.2, -0.15) is 0 Å². The first-order chi connectivity index (χ1) is 18.4. The molecule has 2 unspecified atom stereocenters. The third kappa shape index (κ3) is 9.92. The Hall–Kier alpha value is -0.930. The summed E-state index contributed by atoms with van der Waals surface area (Å²) in [6, 6.07) is 0. The molecule has 3 fully saturated rings. The molecule has 0 N–H and O–H groups in total. The molecule has 0 aromatic carbocycles. The molecule has 3 aliphatic rings. The number of carbonyl (C=O) groups excluding carboxylic acids is 2. The first kappa shape index (κ1) is 31.6. The van der Waals surface area contributed by atoms with E-state index in [9.17, 15) is 14.2 Å². The van der Waals surface area contributed by atoms with Crippen molar-refractivity contribution < 1.29 is 42.1 Å². The number of ether oxygens (including phenoxy) is 4. The van der Waals surface area contributed by atoms with Crippen LogP contribution >= 0.6 is 7.60 Å². The molecule has 1 aliphatic carbocycles. The number of Topliss-reactive ketones (excluding diaryl/α,β-unsaturated/α-hetero) is 2. The average Bonchev–Trinajstić information content (AvgIpc) is 3.21. The molecule has 0 amide bonds. The van der Waals surface area contributed by atoms with Gasteiger partial charge in [0.05, 0.1) is 12.2 Å². The van der Waals surface area contributed by atoms with Crippen molar-refractivity contribution in [3.63, 3.8) is 0 Å². The lowest BCUT2D eigenvalue weighted by atomic mass is 9.89. The van der Waals surface area contributed by atoms with Crippen LogP contribution in [0.4, 0.5) is 0 Å². The maximum atomic E-state index is 13.2. The predicted molar refractivity (Wildman–Crippen MR) is 143 cm³/mol. The molecule has 0 radical (unpaired) electrons. The molecule has 0 bridgehead atoms. The summed E-state index contributed by atoms with van der Waals surface area (Å²) in [5.74, 6) is -1.24. The van der Waals surface area contributed by atoms with E-state index in [1.165, 1.54) is 14.2 Å². The summed E-state index contributed by atoms with van der Waals surface area (Å²) in [7, 11) is -0.996. The standard InChI is InChI=1S/C28H47O9P/c1-4-5-6-11-22(36-27-12-7-9-16-34-27)14-15-23-24(18-21(29)20-38(31,32-2)33-3)25(30)19-26(23)37-28-13-8-10-17-35-28/h14-15,22-24,26-28H,4-13,16-20H2,1-3H3/b15-14+/t22-,23+,24+,26+,27?,28?/m0/s1. The molecule has 2 heterocycles. The van der Waals surface area contributed by atoms with Crippen LogP contribution in [0.3, 0.4) is 0 Å². The number of hydrogen-bond acceptors (Lipinski definition) is 9. The summed E-state index contributed by atoms with van der Waals surface area (Å²) in [5, 5.41) is 0. The predicted octanol–water partition coefficient (Wildman–Crippen LogP) is 5.60. The lowest BCUT2D eigenvalue weighted by Crippen LogP contribution is -2.31. The van der Waals surface area contributed by atoms with Gasteiger partial charge in [-0.05, 0) is 44.9 Å². The number of rotatable bonds is 16. The van der Waals surface area contributed by atoms with Crippen molar-refractivity contribution >= 4 is 19.2 Å². The van der Waals surface area contributed by atoms with Crippen LogP contribution in [0.5, 0.6) is 0 Å². The number of hydrogen-bond donors (Lipinski definition) is 0. The van der Waals surface area contributed by atoms with Crippen LogP contribution < -0.4 is 0 Å². The zero-order chi connectivity index (χ0) is 27.4. The zero-order valence-electron chi connectivity index (χ0n) is 23.3. The van der Waals surface area contributed by atoms with Gasteiger partial charge in [-0.25, -0.2) is 0 Å². The molecule has 10 heteroatoms. The highest BCUT2D eigenvalue weighted by atomic mass is 31.2. The van der Waals surface area contributed by atoms with Crippen LogP contribution in [0.15, 0.2) is 12.2 Å². The minimum absolute atomic E-state index is 0.0301. The van der Waals surface area contributed by atoms with Crippen molar-refractivity contribution in [3.8, 4) is 0 Å². The van der Waals surface area contributed by atoms with E-state index in [-0.39, 0.29) is 55.2 Å². The van der Waals surface area contributed by atoms with Crippen LogP contribution in [0, 0.1) is 11.8 Å². The van der Waals surface area contributed by atoms with Crippen LogP contribution in [-0.2, 0) is 42.1 Å². The summed E-state index contributed by atoms with van der Waals surface area (Å²) in [4.78, 5) is 26.0. The lowest BCUT2D eigenvalue weighted by molar-refractivity contribution is -0.192. The zero-order valence-corrected chi connectivity index (χ0v) is 24.2. The van der Waals surface area contributed by atoms with Gasteiger partial charge in [0.2, 0.25) is 0 Å². The van der Waals surface area contributed by atoms with Crippen molar-refractivity contribution in [3.05, 3.63) is 12.2 Å². The number of unbranched alkanes of at least 4 members (excludes halogenated alkanes) is 2. The van der Waals surface area contributed by atoms with Gasteiger partial charge in [0.1, 0.15) is 17.7 Å². The van der Waals surface area contributed by atoms with Gasteiger partial charge in [0.25, 0.3) is 0 Å². The van der Waals surface area contributed by atoms with E-state index < -0.39 is 19.6 Å². The maximum Gasteiger partial charge on any atom is 0.337 e. The van der Waals surface area contributed by atoms with E-state index >= 15 is 0 Å². The smallest absolute Gasteiger partial charge is 0.337 e. The Morgan fingerprint density at radius 2 is 1.74 bits per heavy atom. The molecule has 0 aromatic heterocycles. The maximum absolute atomic E-state index is 13.2. The molecule has 218 valence electrons. The van der Waals surface area contributed by atoms with E-state index in [4.69, 9.17) is 28.0 Å². The van der Waals surface area contributed by atoms with E-state index in [0.717, 1.165) is 64.2 Å². The minimum atomic E-state index is -3.51. The Morgan fingerprint density at radius 3 is 2.34 bits per heavy atom. The fourth-order valence-electron chi connectivity index (χ4n) is 5.42. The van der Waals surface area contributed by atoms with Gasteiger partial charge >= 0.3 is 7.60 Å². The van der Waals surface area contributed by atoms with Gasteiger partial charge in [-0.3, -0.25) is 14.2 Å². The highest BCUT2D eigenvalue weighted by molar-refractivity contribution is 7.54. The molecular formula is C28H47O9P. The summed E-state index contributed by atoms with van der Waals surface area (Å²) < 4.78 is 46.6. The second-order valence-corrected chi connectivity index (χ2v) is 12.8. The monoisotopic (exact) mass is 558 g/mol. The summed E-state index contributed by atoms with van der Waals surface area (Å²) >= 11 is 0. The second kappa shape index (κ2) is 16.4. The second-order valence-electron chi connectivity index (χ2n) is 10.6. The van der Waals surface area contributed by atoms with Gasteiger partial charge in [0.15, 0.2) is 12.6 Å². The molecular weight excluding hydrogens is 511 g/mol. The van der Waals surface area contributed by atoms with Crippen molar-refractivity contribution in [1.82, 2.24) is 0 Å². The highest BCUT2D eigenvalue weighted by Crippen LogP contribution is 2.47. The van der Waals surface area contributed by atoms with Gasteiger partial charge in [0, 0.05) is 52.1 Å². The molecule has 9 nitrogen and oxygen atoms in total. The summed E-state index contributed by atoms with van der Waals surface area (Å²) in [6.45, 7) is 3.52. The molecule has 6 atom stereocenters. The van der Waals surface area contributed by atoms with Crippen molar-refractivity contribution in [2.45, 2.75) is 109 Å². The SMILES string of the molecule is CCCCC[C@@H](/C=C/[C@H]1[C@H](OC2CCCCO2)CC(=O)[C@@H]1CC(=O)CP(=O)(OC)OC)OC1CCCCO1. The Bertz CT molecular complexity index is 796. The Morgan fingerprint density at radius 1 is 1.05 bits per heavy atom. The van der Waals surface area contributed by atoms with E-state index in [1.54, 1.807) is 0 Å². The first-order valence-corrected chi connectivity index (χ1v) is 16.1. The van der Waals surface area contributed by atoms with Crippen LogP contribution in [-0.4, -0.2) is 69.9 Å². The molecule has 2 saturated heterocycles. The third-order valence-corrected chi connectivity index (χ3v) is 9.51. The highest BCUT2D eigenvalue weighted by Gasteiger charge is 2.44. The van der Waals surface area contributed by atoms with Crippen LogP contribution in [0.2, 0.25) is 0 Å². The van der Waals surface area contributed by atoms with Crippen molar-refractivity contribution in [2.24, 2.45) is 11.8 Å². The first-order valence-electron chi connectivity index (χ1n) is 14.3. The van der Waals surface area contributed by atoms with Crippen molar-refractivity contribution in [2.75, 3.05) is 33.6 Å². The number of ketones is 2. The van der Waals surface area contributed by atoms with Gasteiger partial charge < -0.3 is 28.0 Å². The largest absolute Gasteiger partial charge is 0.353 e. The van der Waals surface area contributed by atoms with Crippen LogP contribution in [0.1, 0.15) is 84.0 Å². The molecule has 2 aliphatic heterocycles. The molecule has 1 saturated carbocycles. The van der Waals surface area contributed by atoms with E-state index in [2.05, 4.69) is 6.92 Å². The fourth-order valence-corrected chi connectivity index (χ4v) is 6.39. The summed E-state index contributed by atoms with van der Waals surface area (Å²) in [5.41, 5.74) is 0. The molecule has 38 heavy (non-hydrogen) atoms. The average molecular weight is 559 g/mol. The molecule has 0 aromatic rings. The minimum Gasteiger partial charge on any atom is -0.353 e. The quantitative estimate of drug-likeness (QED) is 0.136. The third-order valence-electron chi connectivity index (χ3n) is 7.65. The normalized spacial score (nSPS) is 29.7. The fraction of sp³-hybridized carbons (Fsp3) is 0.857. The Labute approximate surface area is 227 Å². The van der Waals surface area contributed by atoms with E-state index in [0.29, 0.717) is 13.2 Å². The topological polar surface area (TPSA) is 107 Å². The Kier molecular flexibility index (Phi) is 13.6. The summed E-state index contributed by atoms with van der Waals surface area (Å²) in [6.07, 6.45) is 12.7.